The minimum absolute atomic E-state index is 0.0178. The van der Waals surface area contributed by atoms with Gasteiger partial charge in [-0.05, 0) is 30.7 Å². The van der Waals surface area contributed by atoms with Gasteiger partial charge < -0.3 is 10.5 Å². The summed E-state index contributed by atoms with van der Waals surface area (Å²) in [6.07, 6.45) is 1.13. The van der Waals surface area contributed by atoms with Crippen LogP contribution in [0.4, 0.5) is 5.69 Å². The average molecular weight is 269 g/mol. The number of anilines is 1. The molecule has 0 bridgehead atoms. The number of nitrogens with two attached hydrogens (primary N) is 1. The number of carbonyl (C=O) groups is 1. The highest BCUT2D eigenvalue weighted by atomic mass is 16.5. The van der Waals surface area contributed by atoms with Crippen molar-refractivity contribution in [2.75, 3.05) is 5.73 Å². The zero-order valence-corrected chi connectivity index (χ0v) is 11.6. The number of rotatable bonds is 6. The summed E-state index contributed by atoms with van der Waals surface area (Å²) >= 11 is 0. The fourth-order valence-electron chi connectivity index (χ4n) is 2.00. The third kappa shape index (κ3) is 3.60. The molecule has 1 atom stereocenters. The Morgan fingerprint density at radius 2 is 1.75 bits per heavy atom. The zero-order chi connectivity index (χ0) is 14.4. The predicted molar refractivity (Wildman–Crippen MR) is 81.0 cm³/mol. The molecule has 2 aromatic rings. The molecule has 0 fully saturated rings. The number of carbonyl (C=O) groups excluding carboxylic acids is 1. The molecule has 104 valence electrons. The zero-order valence-electron chi connectivity index (χ0n) is 11.6. The van der Waals surface area contributed by atoms with Crippen LogP contribution < -0.4 is 10.5 Å². The van der Waals surface area contributed by atoms with Crippen molar-refractivity contribution in [3.8, 4) is 5.75 Å². The summed E-state index contributed by atoms with van der Waals surface area (Å²) in [6, 6.07) is 16.4. The lowest BCUT2D eigenvalue weighted by atomic mass is 10.0. The molecule has 0 amide bonds. The molecule has 2 rings (SSSR count). The standard InChI is InChI=1S/C17H19NO2/c1-2-6-16(17(19)13-7-4-3-5-8-13)20-15-11-9-14(18)10-12-15/h3-5,7-12,16H,2,6,18H2,1H3. The minimum atomic E-state index is -0.453. The molecule has 0 aliphatic carbocycles. The van der Waals surface area contributed by atoms with Crippen LogP contribution in [0.1, 0.15) is 30.1 Å². The maximum Gasteiger partial charge on any atom is 0.203 e. The first-order chi connectivity index (χ1) is 9.70. The SMILES string of the molecule is CCCC(Oc1ccc(N)cc1)C(=O)c1ccccc1. The summed E-state index contributed by atoms with van der Waals surface area (Å²) in [5, 5.41) is 0. The molecule has 20 heavy (non-hydrogen) atoms. The van der Waals surface area contributed by atoms with Gasteiger partial charge in [0, 0.05) is 11.3 Å². The van der Waals surface area contributed by atoms with Crippen molar-refractivity contribution in [1.29, 1.82) is 0 Å². The van der Waals surface area contributed by atoms with Gasteiger partial charge in [-0.15, -0.1) is 0 Å². The fraction of sp³-hybridized carbons (Fsp3) is 0.235. The van der Waals surface area contributed by atoms with E-state index in [0.29, 0.717) is 23.4 Å². The van der Waals surface area contributed by atoms with Crippen LogP contribution in [-0.2, 0) is 0 Å². The molecular weight excluding hydrogens is 250 g/mol. The Hall–Kier alpha value is -2.29. The van der Waals surface area contributed by atoms with Crippen molar-refractivity contribution in [3.63, 3.8) is 0 Å². The second-order valence-corrected chi connectivity index (χ2v) is 4.69. The first-order valence-electron chi connectivity index (χ1n) is 6.82. The molecular formula is C17H19NO2. The number of ether oxygens (including phenoxy) is 1. The number of nitrogen functional groups attached to an aromatic ring is 1. The highest BCUT2D eigenvalue weighted by Gasteiger charge is 2.20. The van der Waals surface area contributed by atoms with Gasteiger partial charge in [-0.2, -0.15) is 0 Å². The van der Waals surface area contributed by atoms with Crippen LogP contribution in [0.15, 0.2) is 54.6 Å². The third-order valence-corrected chi connectivity index (χ3v) is 3.06. The molecule has 0 radical (unpaired) electrons. The Balaban J connectivity index is 2.14. The number of Topliss-reactive ketones (excluding diaryl/α,β-unsaturated/α-hetero) is 1. The second kappa shape index (κ2) is 6.75. The minimum Gasteiger partial charge on any atom is -0.482 e. The molecule has 2 N–H and O–H groups in total. The summed E-state index contributed by atoms with van der Waals surface area (Å²) in [4.78, 5) is 12.5. The summed E-state index contributed by atoms with van der Waals surface area (Å²) < 4.78 is 5.82. The number of benzene rings is 2. The normalized spacial score (nSPS) is 11.8. The van der Waals surface area contributed by atoms with Crippen molar-refractivity contribution in [2.24, 2.45) is 0 Å². The highest BCUT2D eigenvalue weighted by molar-refractivity contribution is 5.99. The van der Waals surface area contributed by atoms with Gasteiger partial charge in [-0.1, -0.05) is 43.7 Å². The molecule has 0 aromatic heterocycles. The van der Waals surface area contributed by atoms with Crippen LogP contribution in [0.2, 0.25) is 0 Å². The van der Waals surface area contributed by atoms with E-state index in [9.17, 15) is 4.79 Å². The lowest BCUT2D eigenvalue weighted by molar-refractivity contribution is 0.0777. The van der Waals surface area contributed by atoms with Crippen molar-refractivity contribution in [3.05, 3.63) is 60.2 Å². The van der Waals surface area contributed by atoms with Crippen molar-refractivity contribution in [2.45, 2.75) is 25.9 Å². The molecule has 3 heteroatoms. The molecule has 0 aliphatic heterocycles. The third-order valence-electron chi connectivity index (χ3n) is 3.06. The fourth-order valence-corrected chi connectivity index (χ4v) is 2.00. The topological polar surface area (TPSA) is 52.3 Å². The summed E-state index contributed by atoms with van der Waals surface area (Å²) in [5.41, 5.74) is 7.01. The lowest BCUT2D eigenvalue weighted by Gasteiger charge is -2.17. The summed E-state index contributed by atoms with van der Waals surface area (Å²) in [5.74, 6) is 0.686. The van der Waals surface area contributed by atoms with E-state index in [1.165, 1.54) is 0 Å². The van der Waals surface area contributed by atoms with E-state index in [1.54, 1.807) is 24.3 Å². The number of hydrogen-bond donors (Lipinski definition) is 1. The monoisotopic (exact) mass is 269 g/mol. The van der Waals surface area contributed by atoms with Gasteiger partial charge >= 0.3 is 0 Å². The molecule has 2 aromatic carbocycles. The number of hydrogen-bond acceptors (Lipinski definition) is 3. The van der Waals surface area contributed by atoms with E-state index in [4.69, 9.17) is 10.5 Å². The quantitative estimate of drug-likeness (QED) is 0.642. The Labute approximate surface area is 119 Å². The molecule has 0 aliphatic rings. The van der Waals surface area contributed by atoms with E-state index in [1.807, 2.05) is 37.3 Å². The first-order valence-corrected chi connectivity index (χ1v) is 6.82. The molecule has 1 unspecified atom stereocenters. The van der Waals surface area contributed by atoms with Crippen LogP contribution in [0.3, 0.4) is 0 Å². The van der Waals surface area contributed by atoms with Crippen molar-refractivity contribution in [1.82, 2.24) is 0 Å². The maximum absolute atomic E-state index is 12.5. The predicted octanol–water partition coefficient (Wildman–Crippen LogP) is 3.70. The Kier molecular flexibility index (Phi) is 4.77. The summed E-state index contributed by atoms with van der Waals surface area (Å²) in [6.45, 7) is 2.04. The molecule has 0 saturated heterocycles. The molecule has 0 saturated carbocycles. The van der Waals surface area contributed by atoms with Gasteiger partial charge in [0.1, 0.15) is 5.75 Å². The Morgan fingerprint density at radius 1 is 1.10 bits per heavy atom. The van der Waals surface area contributed by atoms with E-state index in [2.05, 4.69) is 0 Å². The van der Waals surface area contributed by atoms with Gasteiger partial charge in [-0.3, -0.25) is 4.79 Å². The van der Waals surface area contributed by atoms with Crippen molar-refractivity contribution < 1.29 is 9.53 Å². The van der Waals surface area contributed by atoms with E-state index >= 15 is 0 Å². The smallest absolute Gasteiger partial charge is 0.203 e. The van der Waals surface area contributed by atoms with Gasteiger partial charge in [0.05, 0.1) is 0 Å². The lowest BCUT2D eigenvalue weighted by Crippen LogP contribution is -2.27. The molecule has 3 nitrogen and oxygen atoms in total. The molecule has 0 heterocycles. The van der Waals surface area contributed by atoms with Crippen LogP contribution in [0.5, 0.6) is 5.75 Å². The Morgan fingerprint density at radius 3 is 2.35 bits per heavy atom. The van der Waals surface area contributed by atoms with Gasteiger partial charge in [-0.25, -0.2) is 0 Å². The van der Waals surface area contributed by atoms with Crippen molar-refractivity contribution >= 4 is 11.5 Å². The summed E-state index contributed by atoms with van der Waals surface area (Å²) in [7, 11) is 0. The number of ketones is 1. The van der Waals surface area contributed by atoms with Crippen LogP contribution in [0.25, 0.3) is 0 Å². The van der Waals surface area contributed by atoms with Gasteiger partial charge in [0.25, 0.3) is 0 Å². The first kappa shape index (κ1) is 14.1. The van der Waals surface area contributed by atoms with E-state index in [0.717, 1.165) is 6.42 Å². The maximum atomic E-state index is 12.5. The second-order valence-electron chi connectivity index (χ2n) is 4.69. The average Bonchev–Trinajstić information content (AvgIpc) is 2.49. The molecule has 0 spiro atoms. The van der Waals surface area contributed by atoms with E-state index in [-0.39, 0.29) is 5.78 Å². The van der Waals surface area contributed by atoms with Crippen LogP contribution in [0, 0.1) is 0 Å². The Bertz CT molecular complexity index is 549. The van der Waals surface area contributed by atoms with Crippen LogP contribution >= 0.6 is 0 Å². The largest absolute Gasteiger partial charge is 0.482 e. The van der Waals surface area contributed by atoms with E-state index < -0.39 is 6.10 Å². The highest BCUT2D eigenvalue weighted by Crippen LogP contribution is 2.19. The van der Waals surface area contributed by atoms with Gasteiger partial charge in [0.15, 0.2) is 6.10 Å². The van der Waals surface area contributed by atoms with Crippen LogP contribution in [-0.4, -0.2) is 11.9 Å². The van der Waals surface area contributed by atoms with Gasteiger partial charge in [0.2, 0.25) is 5.78 Å².